The fraction of sp³-hybridized carbons (Fsp3) is 0.167. The van der Waals surface area contributed by atoms with E-state index in [2.05, 4.69) is 34.6 Å². The van der Waals surface area contributed by atoms with E-state index in [0.29, 0.717) is 0 Å². The number of aromatic amines is 1. The van der Waals surface area contributed by atoms with Crippen LogP contribution in [0.15, 0.2) is 58.7 Å². The molecule has 3 aromatic rings. The van der Waals surface area contributed by atoms with E-state index in [4.69, 9.17) is 0 Å². The summed E-state index contributed by atoms with van der Waals surface area (Å²) in [5.41, 5.74) is 2.10. The Bertz CT molecular complexity index is 850. The lowest BCUT2D eigenvalue weighted by molar-refractivity contribution is 0.0937. The molecule has 2 N–H and O–H groups in total. The predicted octanol–water partition coefficient (Wildman–Crippen LogP) is 2.91. The van der Waals surface area contributed by atoms with Crippen molar-refractivity contribution in [3.8, 4) is 0 Å². The van der Waals surface area contributed by atoms with Crippen molar-refractivity contribution >= 4 is 17.2 Å². The van der Waals surface area contributed by atoms with Gasteiger partial charge in [-0.2, -0.15) is 5.10 Å². The van der Waals surface area contributed by atoms with Crippen molar-refractivity contribution in [2.24, 2.45) is 0 Å². The van der Waals surface area contributed by atoms with Gasteiger partial charge in [0.05, 0.1) is 6.04 Å². The minimum atomic E-state index is -0.337. The minimum Gasteiger partial charge on any atom is -0.339 e. The van der Waals surface area contributed by atoms with Gasteiger partial charge in [0.1, 0.15) is 5.69 Å². The van der Waals surface area contributed by atoms with Crippen LogP contribution in [0.5, 0.6) is 0 Å². The van der Waals surface area contributed by atoms with Gasteiger partial charge in [-0.15, -0.1) is 11.3 Å². The van der Waals surface area contributed by atoms with Crippen LogP contribution >= 0.6 is 11.3 Å². The molecule has 2 heterocycles. The molecular weight excluding hydrogens is 322 g/mol. The van der Waals surface area contributed by atoms with Crippen molar-refractivity contribution in [1.82, 2.24) is 15.5 Å². The zero-order chi connectivity index (χ0) is 16.9. The molecule has 1 amide bonds. The van der Waals surface area contributed by atoms with Crippen LogP contribution in [-0.2, 0) is 6.42 Å². The van der Waals surface area contributed by atoms with Crippen LogP contribution in [0.25, 0.3) is 0 Å². The number of aromatic nitrogens is 2. The molecule has 0 aliphatic heterocycles. The molecule has 0 spiro atoms. The number of nitrogens with one attached hydrogen (secondary N) is 2. The highest BCUT2D eigenvalue weighted by atomic mass is 32.1. The van der Waals surface area contributed by atoms with Gasteiger partial charge in [0, 0.05) is 10.9 Å². The molecule has 24 heavy (non-hydrogen) atoms. The Labute approximate surface area is 143 Å². The molecule has 6 heteroatoms. The van der Waals surface area contributed by atoms with Crippen molar-refractivity contribution in [3.63, 3.8) is 0 Å². The Hall–Kier alpha value is -2.73. The zero-order valence-electron chi connectivity index (χ0n) is 13.2. The fourth-order valence-electron chi connectivity index (χ4n) is 2.40. The van der Waals surface area contributed by atoms with Gasteiger partial charge < -0.3 is 5.32 Å². The van der Waals surface area contributed by atoms with Crippen LogP contribution in [0.2, 0.25) is 0 Å². The van der Waals surface area contributed by atoms with Gasteiger partial charge in [-0.05, 0) is 35.1 Å². The van der Waals surface area contributed by atoms with Crippen LogP contribution in [0.1, 0.15) is 39.5 Å². The first-order chi connectivity index (χ1) is 11.7. The van der Waals surface area contributed by atoms with E-state index >= 15 is 0 Å². The van der Waals surface area contributed by atoms with Gasteiger partial charge in [0.25, 0.3) is 11.5 Å². The lowest BCUT2D eigenvalue weighted by Crippen LogP contribution is -2.30. The maximum absolute atomic E-state index is 12.5. The summed E-state index contributed by atoms with van der Waals surface area (Å²) in [6, 6.07) is 14.6. The maximum Gasteiger partial charge on any atom is 0.272 e. The standard InChI is InChI=1S/C18H17N3O2S/c1-2-12-5-7-13(8-6-12)17(15-4-3-11-24-15)19-18(23)14-9-10-16(22)21-20-14/h3-11,17H,2H2,1H3,(H,19,23)(H,21,22). The van der Waals surface area contributed by atoms with E-state index in [0.717, 1.165) is 16.9 Å². The second-order valence-electron chi connectivity index (χ2n) is 5.32. The second kappa shape index (κ2) is 7.23. The SMILES string of the molecule is CCc1ccc(C(NC(=O)c2ccc(=O)[nH]n2)c2cccs2)cc1. The smallest absolute Gasteiger partial charge is 0.272 e. The van der Waals surface area contributed by atoms with E-state index < -0.39 is 0 Å². The van der Waals surface area contributed by atoms with Crippen LogP contribution in [-0.4, -0.2) is 16.1 Å². The number of aryl methyl sites for hydroxylation is 1. The highest BCUT2D eigenvalue weighted by molar-refractivity contribution is 7.10. The average Bonchev–Trinajstić information content (AvgIpc) is 3.14. The van der Waals surface area contributed by atoms with Gasteiger partial charge in [-0.1, -0.05) is 37.3 Å². The summed E-state index contributed by atoms with van der Waals surface area (Å²) in [5, 5.41) is 11.0. The van der Waals surface area contributed by atoms with Gasteiger partial charge in [0.15, 0.2) is 0 Å². The molecule has 2 aromatic heterocycles. The second-order valence-corrected chi connectivity index (χ2v) is 6.30. The number of carbonyl (C=O) groups is 1. The number of carbonyl (C=O) groups excluding carboxylic acids is 1. The molecular formula is C18H17N3O2S. The van der Waals surface area contributed by atoms with Crippen LogP contribution in [0, 0.1) is 0 Å². The summed E-state index contributed by atoms with van der Waals surface area (Å²) in [6.45, 7) is 2.11. The normalized spacial score (nSPS) is 11.9. The molecule has 0 aliphatic rings. The van der Waals surface area contributed by atoms with Crippen molar-refractivity contribution in [2.75, 3.05) is 0 Å². The van der Waals surface area contributed by atoms with Gasteiger partial charge in [-0.3, -0.25) is 9.59 Å². The molecule has 1 unspecified atom stereocenters. The third-order valence-corrected chi connectivity index (χ3v) is 4.67. The van der Waals surface area contributed by atoms with Crippen molar-refractivity contribution in [3.05, 3.63) is 86.0 Å². The maximum atomic E-state index is 12.5. The average molecular weight is 339 g/mol. The molecule has 0 saturated heterocycles. The predicted molar refractivity (Wildman–Crippen MR) is 94.3 cm³/mol. The molecule has 0 fully saturated rings. The molecule has 0 saturated carbocycles. The number of nitrogens with zero attached hydrogens (tertiary/aromatic N) is 1. The number of rotatable bonds is 5. The molecule has 1 atom stereocenters. The third-order valence-electron chi connectivity index (χ3n) is 3.74. The van der Waals surface area contributed by atoms with Gasteiger partial charge in [0.2, 0.25) is 0 Å². The number of H-pyrrole nitrogens is 1. The van der Waals surface area contributed by atoms with E-state index in [1.807, 2.05) is 29.6 Å². The molecule has 5 nitrogen and oxygen atoms in total. The molecule has 3 rings (SSSR count). The highest BCUT2D eigenvalue weighted by Gasteiger charge is 2.19. The van der Waals surface area contributed by atoms with Crippen LogP contribution in [0.4, 0.5) is 0 Å². The monoisotopic (exact) mass is 339 g/mol. The summed E-state index contributed by atoms with van der Waals surface area (Å²) in [4.78, 5) is 24.6. The largest absolute Gasteiger partial charge is 0.339 e. The summed E-state index contributed by atoms with van der Waals surface area (Å²) in [7, 11) is 0. The third kappa shape index (κ3) is 3.60. The molecule has 0 aliphatic carbocycles. The van der Waals surface area contributed by atoms with Crippen molar-refractivity contribution in [2.45, 2.75) is 19.4 Å². The quantitative estimate of drug-likeness (QED) is 0.750. The first-order valence-corrected chi connectivity index (χ1v) is 8.54. The summed E-state index contributed by atoms with van der Waals surface area (Å²) < 4.78 is 0. The summed E-state index contributed by atoms with van der Waals surface area (Å²) >= 11 is 1.58. The number of benzene rings is 1. The first kappa shape index (κ1) is 16.1. The Morgan fingerprint density at radius 1 is 1.21 bits per heavy atom. The molecule has 1 aromatic carbocycles. The summed E-state index contributed by atoms with van der Waals surface area (Å²) in [5.74, 6) is -0.329. The Kier molecular flexibility index (Phi) is 4.86. The fourth-order valence-corrected chi connectivity index (χ4v) is 3.20. The first-order valence-electron chi connectivity index (χ1n) is 7.66. The van der Waals surface area contributed by atoms with E-state index in [-0.39, 0.29) is 23.2 Å². The van der Waals surface area contributed by atoms with Gasteiger partial charge in [-0.25, -0.2) is 5.10 Å². The highest BCUT2D eigenvalue weighted by Crippen LogP contribution is 2.26. The Balaban J connectivity index is 1.89. The number of thiophene rings is 1. The zero-order valence-corrected chi connectivity index (χ0v) is 14.0. The Morgan fingerprint density at radius 2 is 2.00 bits per heavy atom. The molecule has 122 valence electrons. The minimum absolute atomic E-state index is 0.182. The molecule has 0 radical (unpaired) electrons. The lowest BCUT2D eigenvalue weighted by Gasteiger charge is -2.18. The van der Waals surface area contributed by atoms with Crippen LogP contribution < -0.4 is 10.9 Å². The van der Waals surface area contributed by atoms with E-state index in [1.54, 1.807) is 11.3 Å². The molecule has 0 bridgehead atoms. The number of hydrogen-bond donors (Lipinski definition) is 2. The van der Waals surface area contributed by atoms with Crippen molar-refractivity contribution < 1.29 is 4.79 Å². The topological polar surface area (TPSA) is 74.8 Å². The lowest BCUT2D eigenvalue weighted by atomic mass is 10.0. The number of hydrogen-bond acceptors (Lipinski definition) is 4. The van der Waals surface area contributed by atoms with Gasteiger partial charge >= 0.3 is 0 Å². The summed E-state index contributed by atoms with van der Waals surface area (Å²) in [6.07, 6.45) is 0.970. The van der Waals surface area contributed by atoms with E-state index in [1.165, 1.54) is 17.7 Å². The Morgan fingerprint density at radius 3 is 2.58 bits per heavy atom. The van der Waals surface area contributed by atoms with Crippen molar-refractivity contribution in [1.29, 1.82) is 0 Å². The van der Waals surface area contributed by atoms with E-state index in [9.17, 15) is 9.59 Å². The van der Waals surface area contributed by atoms with Crippen LogP contribution in [0.3, 0.4) is 0 Å². The number of amides is 1.